The second-order valence-corrected chi connectivity index (χ2v) is 12.6. The lowest BCUT2D eigenvalue weighted by Gasteiger charge is -2.23. The SMILES string of the molecule is COc1c(I)cc(C=C2C(=O)Nc3ccc(S(=O)(=O)Nc4ccc(C(F)(F)F)cc4)cc32)cc1C(C)(C)C. The van der Waals surface area contributed by atoms with Gasteiger partial charge < -0.3 is 10.1 Å². The zero-order valence-electron chi connectivity index (χ0n) is 20.8. The third kappa shape index (κ3) is 5.68. The number of amides is 1. The highest BCUT2D eigenvalue weighted by molar-refractivity contribution is 14.1. The van der Waals surface area contributed by atoms with E-state index in [2.05, 4.69) is 53.4 Å². The van der Waals surface area contributed by atoms with Crippen LogP contribution in [0.5, 0.6) is 5.75 Å². The maximum atomic E-state index is 13.0. The minimum Gasteiger partial charge on any atom is -0.495 e. The van der Waals surface area contributed by atoms with E-state index in [1.165, 1.54) is 18.2 Å². The molecule has 2 N–H and O–H groups in total. The van der Waals surface area contributed by atoms with Crippen LogP contribution in [-0.4, -0.2) is 21.4 Å². The van der Waals surface area contributed by atoms with E-state index < -0.39 is 21.8 Å². The van der Waals surface area contributed by atoms with E-state index in [-0.39, 0.29) is 27.5 Å². The smallest absolute Gasteiger partial charge is 0.416 e. The van der Waals surface area contributed by atoms with Crippen LogP contribution in [0.3, 0.4) is 0 Å². The zero-order valence-corrected chi connectivity index (χ0v) is 23.8. The number of benzene rings is 3. The third-order valence-corrected chi connectivity index (χ3v) is 8.12. The molecule has 1 heterocycles. The van der Waals surface area contributed by atoms with Gasteiger partial charge in [-0.3, -0.25) is 9.52 Å². The van der Waals surface area contributed by atoms with Crippen molar-refractivity contribution in [3.8, 4) is 5.75 Å². The number of halogens is 4. The molecule has 6 nitrogen and oxygen atoms in total. The molecule has 0 fully saturated rings. The first-order valence-electron chi connectivity index (χ1n) is 11.4. The average molecular weight is 656 g/mol. The number of rotatable bonds is 5. The van der Waals surface area contributed by atoms with E-state index in [0.717, 1.165) is 44.7 Å². The van der Waals surface area contributed by atoms with Crippen molar-refractivity contribution in [1.82, 2.24) is 0 Å². The van der Waals surface area contributed by atoms with Gasteiger partial charge in [0.15, 0.2) is 0 Å². The van der Waals surface area contributed by atoms with Crippen molar-refractivity contribution >= 4 is 61.5 Å². The first-order chi connectivity index (χ1) is 17.6. The standard InChI is InChI=1S/C27H24F3IN2O4S/c1-26(2,3)21-12-15(13-22(31)24(21)37-4)11-20-19-14-18(9-10-23(19)32-25(20)34)38(35,36)33-17-7-5-16(6-8-17)27(28,29)30/h5-14,33H,1-4H3,(H,32,34). The molecule has 0 spiro atoms. The molecule has 38 heavy (non-hydrogen) atoms. The number of carbonyl (C=O) groups is 1. The molecule has 0 aliphatic carbocycles. The number of anilines is 2. The monoisotopic (exact) mass is 656 g/mol. The second-order valence-electron chi connectivity index (χ2n) is 9.73. The normalized spacial score (nSPS) is 14.8. The summed E-state index contributed by atoms with van der Waals surface area (Å²) in [6, 6.07) is 11.7. The largest absolute Gasteiger partial charge is 0.495 e. The molecule has 200 valence electrons. The molecule has 4 rings (SSSR count). The Bertz CT molecular complexity index is 1560. The van der Waals surface area contributed by atoms with Gasteiger partial charge in [0.2, 0.25) is 0 Å². The van der Waals surface area contributed by atoms with Crippen LogP contribution in [-0.2, 0) is 26.4 Å². The molecule has 0 atom stereocenters. The molecule has 11 heteroatoms. The lowest BCUT2D eigenvalue weighted by molar-refractivity contribution is -0.137. The van der Waals surface area contributed by atoms with Crippen molar-refractivity contribution in [2.45, 2.75) is 37.3 Å². The van der Waals surface area contributed by atoms with Gasteiger partial charge in [0.05, 0.1) is 21.1 Å². The van der Waals surface area contributed by atoms with Crippen LogP contribution in [0.4, 0.5) is 24.5 Å². The number of ether oxygens (including phenoxy) is 1. The molecule has 1 amide bonds. The van der Waals surface area contributed by atoms with Crippen molar-refractivity contribution in [3.05, 3.63) is 80.4 Å². The Balaban J connectivity index is 1.71. The number of fused-ring (bicyclic) bond motifs is 1. The minimum atomic E-state index is -4.53. The Labute approximate surface area is 232 Å². The fourth-order valence-corrected chi connectivity index (χ4v) is 6.00. The lowest BCUT2D eigenvalue weighted by Crippen LogP contribution is -2.14. The molecule has 1 aliphatic heterocycles. The number of alkyl halides is 3. The van der Waals surface area contributed by atoms with Gasteiger partial charge in [-0.2, -0.15) is 13.2 Å². The highest BCUT2D eigenvalue weighted by atomic mass is 127. The molecule has 1 aliphatic rings. The number of nitrogens with one attached hydrogen (secondary N) is 2. The van der Waals surface area contributed by atoms with Crippen LogP contribution in [0.2, 0.25) is 0 Å². The summed E-state index contributed by atoms with van der Waals surface area (Å²) >= 11 is 2.17. The van der Waals surface area contributed by atoms with Crippen LogP contribution in [0.15, 0.2) is 59.5 Å². The summed E-state index contributed by atoms with van der Waals surface area (Å²) in [5, 5.41) is 2.74. The predicted molar refractivity (Wildman–Crippen MR) is 150 cm³/mol. The number of sulfonamides is 1. The summed E-state index contributed by atoms with van der Waals surface area (Å²) in [4.78, 5) is 12.7. The fourth-order valence-electron chi connectivity index (χ4n) is 4.05. The summed E-state index contributed by atoms with van der Waals surface area (Å²) in [6.45, 7) is 6.16. The maximum Gasteiger partial charge on any atom is 0.416 e. The molecule has 0 aromatic heterocycles. The van der Waals surface area contributed by atoms with E-state index in [0.29, 0.717) is 11.3 Å². The molecule has 0 bridgehead atoms. The Morgan fingerprint density at radius 1 is 1.00 bits per heavy atom. The molecular formula is C27H24F3IN2O4S. The van der Waals surface area contributed by atoms with Crippen molar-refractivity contribution in [2.24, 2.45) is 0 Å². The number of hydrogen-bond acceptors (Lipinski definition) is 4. The van der Waals surface area contributed by atoms with E-state index >= 15 is 0 Å². The summed E-state index contributed by atoms with van der Waals surface area (Å²) in [6.07, 6.45) is -2.84. The summed E-state index contributed by atoms with van der Waals surface area (Å²) in [7, 11) is -2.55. The molecule has 0 unspecified atom stereocenters. The highest BCUT2D eigenvalue weighted by Gasteiger charge is 2.31. The van der Waals surface area contributed by atoms with Gasteiger partial charge in [0.1, 0.15) is 5.75 Å². The van der Waals surface area contributed by atoms with Crippen molar-refractivity contribution in [1.29, 1.82) is 0 Å². The molecule has 0 radical (unpaired) electrons. The van der Waals surface area contributed by atoms with Gasteiger partial charge in [-0.1, -0.05) is 20.8 Å². The van der Waals surface area contributed by atoms with Crippen LogP contribution in [0.1, 0.15) is 43.0 Å². The van der Waals surface area contributed by atoms with Gasteiger partial charge in [0, 0.05) is 28.1 Å². The average Bonchev–Trinajstić information content (AvgIpc) is 3.12. The predicted octanol–water partition coefficient (Wildman–Crippen LogP) is 6.91. The van der Waals surface area contributed by atoms with Crippen LogP contribution in [0, 0.1) is 3.57 Å². The first kappa shape index (κ1) is 28.0. The fraction of sp³-hybridized carbons (Fsp3) is 0.222. The van der Waals surface area contributed by atoms with Crippen LogP contribution < -0.4 is 14.8 Å². The lowest BCUT2D eigenvalue weighted by atomic mass is 9.85. The van der Waals surface area contributed by atoms with E-state index in [1.807, 2.05) is 12.1 Å². The molecule has 0 saturated heterocycles. The summed E-state index contributed by atoms with van der Waals surface area (Å²) in [5.41, 5.74) is 1.69. The molecule has 3 aromatic carbocycles. The van der Waals surface area contributed by atoms with Crippen LogP contribution >= 0.6 is 22.6 Å². The Hall–Kier alpha value is -3.06. The van der Waals surface area contributed by atoms with Crippen LogP contribution in [0.25, 0.3) is 11.6 Å². The Morgan fingerprint density at radius 3 is 2.24 bits per heavy atom. The molecule has 3 aromatic rings. The van der Waals surface area contributed by atoms with Gasteiger partial charge in [-0.05, 0) is 94.2 Å². The topological polar surface area (TPSA) is 84.5 Å². The van der Waals surface area contributed by atoms with Gasteiger partial charge >= 0.3 is 6.18 Å². The summed E-state index contributed by atoms with van der Waals surface area (Å²) in [5.74, 6) is 0.368. The number of carbonyl (C=O) groups excluding carboxylic acids is 1. The number of hydrogen-bond donors (Lipinski definition) is 2. The van der Waals surface area contributed by atoms with Gasteiger partial charge in [0.25, 0.3) is 15.9 Å². The Morgan fingerprint density at radius 2 is 1.66 bits per heavy atom. The Kier molecular flexibility index (Phi) is 7.30. The van der Waals surface area contributed by atoms with Crippen molar-refractivity contribution < 1.29 is 31.1 Å². The quantitative estimate of drug-likeness (QED) is 0.231. The van der Waals surface area contributed by atoms with Crippen molar-refractivity contribution in [2.75, 3.05) is 17.1 Å². The first-order valence-corrected chi connectivity index (χ1v) is 13.9. The maximum absolute atomic E-state index is 13.0. The highest BCUT2D eigenvalue weighted by Crippen LogP contribution is 2.39. The summed E-state index contributed by atoms with van der Waals surface area (Å²) < 4.78 is 73.3. The van der Waals surface area contributed by atoms with E-state index in [9.17, 15) is 26.4 Å². The van der Waals surface area contributed by atoms with Gasteiger partial charge in [-0.15, -0.1) is 0 Å². The number of methoxy groups -OCH3 is 1. The van der Waals surface area contributed by atoms with E-state index in [4.69, 9.17) is 4.74 Å². The molecular weight excluding hydrogens is 632 g/mol. The van der Waals surface area contributed by atoms with E-state index in [1.54, 1.807) is 13.2 Å². The third-order valence-electron chi connectivity index (χ3n) is 5.94. The zero-order chi connectivity index (χ0) is 28.0. The molecule has 0 saturated carbocycles. The minimum absolute atomic E-state index is 0.0222. The second kappa shape index (κ2) is 9.92. The van der Waals surface area contributed by atoms with Gasteiger partial charge in [-0.25, -0.2) is 8.42 Å². The van der Waals surface area contributed by atoms with Crippen molar-refractivity contribution in [3.63, 3.8) is 0 Å².